The van der Waals surface area contributed by atoms with E-state index in [0.717, 1.165) is 11.1 Å². The Morgan fingerprint density at radius 2 is 2.00 bits per heavy atom. The number of benzene rings is 1. The summed E-state index contributed by atoms with van der Waals surface area (Å²) < 4.78 is 0. The summed E-state index contributed by atoms with van der Waals surface area (Å²) in [4.78, 5) is 0. The van der Waals surface area contributed by atoms with Crippen LogP contribution in [0.2, 0.25) is 0 Å². The standard InChI is InChI=1S/C12H8N2/c13-7-9-5-6-10(8-14)12-4-2-1-3-11(9)12/h1-5,10H,6H2. The molecule has 1 aliphatic carbocycles. The van der Waals surface area contributed by atoms with Crippen molar-refractivity contribution in [3.05, 3.63) is 41.5 Å². The molecule has 14 heavy (non-hydrogen) atoms. The van der Waals surface area contributed by atoms with E-state index >= 15 is 0 Å². The van der Waals surface area contributed by atoms with Gasteiger partial charge in [0.15, 0.2) is 0 Å². The maximum atomic E-state index is 8.93. The van der Waals surface area contributed by atoms with Crippen molar-refractivity contribution in [2.75, 3.05) is 0 Å². The predicted molar refractivity (Wildman–Crippen MR) is 53.0 cm³/mol. The van der Waals surface area contributed by atoms with E-state index in [-0.39, 0.29) is 5.92 Å². The first-order valence-electron chi connectivity index (χ1n) is 4.46. The summed E-state index contributed by atoms with van der Waals surface area (Å²) in [5.74, 6) is -0.0942. The van der Waals surface area contributed by atoms with Crippen molar-refractivity contribution in [1.82, 2.24) is 0 Å². The molecule has 0 radical (unpaired) electrons. The number of nitriles is 2. The third kappa shape index (κ3) is 1.18. The predicted octanol–water partition coefficient (Wildman–Crippen LogP) is 2.60. The van der Waals surface area contributed by atoms with Crippen LogP contribution in [0.15, 0.2) is 30.3 Å². The molecule has 2 nitrogen and oxygen atoms in total. The third-order valence-corrected chi connectivity index (χ3v) is 2.46. The van der Waals surface area contributed by atoms with Gasteiger partial charge in [0.1, 0.15) is 0 Å². The van der Waals surface area contributed by atoms with Crippen LogP contribution in [-0.2, 0) is 0 Å². The molecule has 1 aromatic carbocycles. The van der Waals surface area contributed by atoms with Gasteiger partial charge in [0, 0.05) is 0 Å². The average Bonchev–Trinajstić information content (AvgIpc) is 2.27. The number of nitrogens with zero attached hydrogens (tertiary/aromatic N) is 2. The van der Waals surface area contributed by atoms with Gasteiger partial charge >= 0.3 is 0 Å². The molecule has 0 spiro atoms. The Balaban J connectivity index is 2.60. The van der Waals surface area contributed by atoms with Gasteiger partial charge < -0.3 is 0 Å². The number of hydrogen-bond acceptors (Lipinski definition) is 2. The second-order valence-electron chi connectivity index (χ2n) is 3.23. The molecule has 1 aliphatic rings. The normalized spacial score (nSPS) is 18.7. The molecule has 0 aromatic heterocycles. The molecule has 0 saturated heterocycles. The van der Waals surface area contributed by atoms with E-state index in [2.05, 4.69) is 12.1 Å². The SMILES string of the molecule is N#CC1=CCC(C#N)c2ccccc21. The Hall–Kier alpha value is -2.06. The van der Waals surface area contributed by atoms with Crippen molar-refractivity contribution in [2.24, 2.45) is 0 Å². The van der Waals surface area contributed by atoms with Gasteiger partial charge in [-0.2, -0.15) is 10.5 Å². The summed E-state index contributed by atoms with van der Waals surface area (Å²) in [6, 6.07) is 12.0. The minimum atomic E-state index is -0.0942. The zero-order chi connectivity index (χ0) is 9.97. The molecule has 0 N–H and O–H groups in total. The molecule has 1 aromatic rings. The quantitative estimate of drug-likeness (QED) is 0.616. The van der Waals surface area contributed by atoms with Crippen LogP contribution in [-0.4, -0.2) is 0 Å². The summed E-state index contributed by atoms with van der Waals surface area (Å²) in [5, 5.41) is 17.8. The zero-order valence-electron chi connectivity index (χ0n) is 7.57. The monoisotopic (exact) mass is 180 g/mol. The van der Waals surface area contributed by atoms with Crippen molar-refractivity contribution in [2.45, 2.75) is 12.3 Å². The summed E-state index contributed by atoms with van der Waals surface area (Å²) in [6.45, 7) is 0. The van der Waals surface area contributed by atoms with Crippen molar-refractivity contribution < 1.29 is 0 Å². The van der Waals surface area contributed by atoms with Crippen molar-refractivity contribution in [1.29, 1.82) is 10.5 Å². The second kappa shape index (κ2) is 3.36. The van der Waals surface area contributed by atoms with Crippen LogP contribution < -0.4 is 0 Å². The Labute approximate surface area is 82.7 Å². The summed E-state index contributed by atoms with van der Waals surface area (Å²) >= 11 is 0. The van der Waals surface area contributed by atoms with Gasteiger partial charge in [0.2, 0.25) is 0 Å². The molecule has 0 bridgehead atoms. The first kappa shape index (κ1) is 8.53. The molecule has 1 unspecified atom stereocenters. The highest BCUT2D eigenvalue weighted by Crippen LogP contribution is 2.33. The topological polar surface area (TPSA) is 47.6 Å². The molecule has 0 aliphatic heterocycles. The van der Waals surface area contributed by atoms with Crippen LogP contribution in [0.1, 0.15) is 23.5 Å². The van der Waals surface area contributed by atoms with Crippen LogP contribution >= 0.6 is 0 Å². The first-order chi connectivity index (χ1) is 6.86. The molecule has 2 rings (SSSR count). The van der Waals surface area contributed by atoms with E-state index in [1.807, 2.05) is 30.3 Å². The lowest BCUT2D eigenvalue weighted by Gasteiger charge is -2.17. The van der Waals surface area contributed by atoms with Gasteiger partial charge in [-0.1, -0.05) is 30.3 Å². The zero-order valence-corrected chi connectivity index (χ0v) is 7.57. The number of rotatable bonds is 0. The summed E-state index contributed by atoms with van der Waals surface area (Å²) in [7, 11) is 0. The fraction of sp³-hybridized carbons (Fsp3) is 0.167. The van der Waals surface area contributed by atoms with E-state index in [4.69, 9.17) is 10.5 Å². The largest absolute Gasteiger partial charge is 0.198 e. The number of allylic oxidation sites excluding steroid dienone is 2. The van der Waals surface area contributed by atoms with Gasteiger partial charge in [-0.05, 0) is 17.5 Å². The highest BCUT2D eigenvalue weighted by molar-refractivity contribution is 5.80. The number of fused-ring (bicyclic) bond motifs is 1. The fourth-order valence-electron chi connectivity index (χ4n) is 1.75. The minimum Gasteiger partial charge on any atom is -0.198 e. The molecule has 0 fully saturated rings. The van der Waals surface area contributed by atoms with Crippen LogP contribution in [0.5, 0.6) is 0 Å². The van der Waals surface area contributed by atoms with Gasteiger partial charge in [-0.3, -0.25) is 0 Å². The third-order valence-electron chi connectivity index (χ3n) is 2.46. The minimum absolute atomic E-state index is 0.0942. The van der Waals surface area contributed by atoms with Crippen LogP contribution in [0, 0.1) is 22.7 Å². The lowest BCUT2D eigenvalue weighted by molar-refractivity contribution is 0.862. The first-order valence-corrected chi connectivity index (χ1v) is 4.46. The van der Waals surface area contributed by atoms with Gasteiger partial charge in [-0.15, -0.1) is 0 Å². The molecule has 66 valence electrons. The summed E-state index contributed by atoms with van der Waals surface area (Å²) in [6.07, 6.45) is 2.49. The van der Waals surface area contributed by atoms with Gasteiger partial charge in [0.25, 0.3) is 0 Å². The maximum Gasteiger partial charge on any atom is 0.0994 e. The molecular formula is C12H8N2. The van der Waals surface area contributed by atoms with E-state index in [1.165, 1.54) is 0 Å². The van der Waals surface area contributed by atoms with E-state index < -0.39 is 0 Å². The summed E-state index contributed by atoms with van der Waals surface area (Å²) in [5.41, 5.74) is 2.58. The van der Waals surface area contributed by atoms with Gasteiger partial charge in [-0.25, -0.2) is 0 Å². The molecule has 0 saturated carbocycles. The van der Waals surface area contributed by atoms with Crippen molar-refractivity contribution >= 4 is 5.57 Å². The number of hydrogen-bond donors (Lipinski definition) is 0. The second-order valence-corrected chi connectivity index (χ2v) is 3.23. The Bertz CT molecular complexity index is 472. The van der Waals surface area contributed by atoms with Crippen LogP contribution in [0.3, 0.4) is 0 Å². The van der Waals surface area contributed by atoms with Crippen LogP contribution in [0.25, 0.3) is 5.57 Å². The smallest absolute Gasteiger partial charge is 0.0994 e. The van der Waals surface area contributed by atoms with Crippen molar-refractivity contribution in [3.63, 3.8) is 0 Å². The lowest BCUT2D eigenvalue weighted by Crippen LogP contribution is -2.04. The maximum absolute atomic E-state index is 8.93. The van der Waals surface area contributed by atoms with Crippen molar-refractivity contribution in [3.8, 4) is 12.1 Å². The van der Waals surface area contributed by atoms with E-state index in [9.17, 15) is 0 Å². The molecule has 0 amide bonds. The molecule has 2 heteroatoms. The highest BCUT2D eigenvalue weighted by atomic mass is 14.3. The Morgan fingerprint density at radius 1 is 1.21 bits per heavy atom. The fourth-order valence-corrected chi connectivity index (χ4v) is 1.75. The van der Waals surface area contributed by atoms with E-state index in [0.29, 0.717) is 12.0 Å². The Kier molecular flexibility index (Phi) is 2.05. The molecular weight excluding hydrogens is 172 g/mol. The lowest BCUT2D eigenvalue weighted by atomic mass is 9.84. The molecule has 0 heterocycles. The molecule has 1 atom stereocenters. The van der Waals surface area contributed by atoms with E-state index in [1.54, 1.807) is 0 Å². The van der Waals surface area contributed by atoms with Gasteiger partial charge in [0.05, 0.1) is 23.6 Å². The average molecular weight is 180 g/mol. The Morgan fingerprint density at radius 3 is 2.71 bits per heavy atom. The van der Waals surface area contributed by atoms with Crippen LogP contribution in [0.4, 0.5) is 0 Å². The highest BCUT2D eigenvalue weighted by Gasteiger charge is 2.20.